The van der Waals surface area contributed by atoms with Crippen LogP contribution in [0.15, 0.2) is 0 Å². The maximum absolute atomic E-state index is 12.0. The Morgan fingerprint density at radius 3 is 2.76 bits per heavy atom. The molecule has 1 N–H and O–H groups in total. The van der Waals surface area contributed by atoms with Crippen LogP contribution in [0.5, 0.6) is 0 Å². The van der Waals surface area contributed by atoms with Crippen molar-refractivity contribution in [2.24, 2.45) is 0 Å². The lowest BCUT2D eigenvalue weighted by Crippen LogP contribution is -2.60. The van der Waals surface area contributed by atoms with Crippen LogP contribution in [-0.2, 0) is 9.53 Å². The van der Waals surface area contributed by atoms with Gasteiger partial charge in [-0.05, 0) is 40.0 Å². The molecular weight excluding hydrogens is 220 g/mol. The van der Waals surface area contributed by atoms with E-state index in [1.807, 2.05) is 20.8 Å². The Hall–Kier alpha value is -1.26. The Morgan fingerprint density at radius 1 is 1.41 bits per heavy atom. The average Bonchev–Trinajstić information content (AvgIpc) is 2.60. The molecule has 0 radical (unpaired) electrons. The maximum atomic E-state index is 12.0. The highest BCUT2D eigenvalue weighted by atomic mass is 16.6. The third-order valence-electron chi connectivity index (χ3n) is 3.17. The van der Waals surface area contributed by atoms with Crippen LogP contribution in [0.3, 0.4) is 0 Å². The molecule has 5 heteroatoms. The summed E-state index contributed by atoms with van der Waals surface area (Å²) in [7, 11) is 0. The predicted octanol–water partition coefficient (Wildman–Crippen LogP) is 1.27. The topological polar surface area (TPSA) is 58.6 Å². The molecule has 1 aliphatic carbocycles. The van der Waals surface area contributed by atoms with Gasteiger partial charge in [0.05, 0.1) is 6.04 Å². The minimum absolute atomic E-state index is 0.0843. The number of hydrogen-bond acceptors (Lipinski definition) is 3. The van der Waals surface area contributed by atoms with Gasteiger partial charge in [0.2, 0.25) is 5.91 Å². The van der Waals surface area contributed by atoms with Gasteiger partial charge >= 0.3 is 6.09 Å². The number of carbonyl (C=O) groups is 2. The molecule has 0 aromatic carbocycles. The Balaban J connectivity index is 2.07. The first-order valence-corrected chi connectivity index (χ1v) is 6.16. The van der Waals surface area contributed by atoms with Crippen molar-refractivity contribution in [3.63, 3.8) is 0 Å². The number of piperazine rings is 1. The smallest absolute Gasteiger partial charge is 0.411 e. The maximum Gasteiger partial charge on any atom is 0.411 e. The largest absolute Gasteiger partial charge is 0.444 e. The van der Waals surface area contributed by atoms with Gasteiger partial charge in [0.15, 0.2) is 0 Å². The Kier molecular flexibility index (Phi) is 3.02. The summed E-state index contributed by atoms with van der Waals surface area (Å²) >= 11 is 0. The highest BCUT2D eigenvalue weighted by Crippen LogP contribution is 2.28. The molecule has 0 spiro atoms. The summed E-state index contributed by atoms with van der Waals surface area (Å²) in [5.41, 5.74) is -0.515. The summed E-state index contributed by atoms with van der Waals surface area (Å²) in [4.78, 5) is 25.1. The van der Waals surface area contributed by atoms with E-state index in [0.717, 1.165) is 19.3 Å². The van der Waals surface area contributed by atoms with E-state index in [1.54, 1.807) is 4.90 Å². The predicted molar refractivity (Wildman–Crippen MR) is 62.5 cm³/mol. The number of hydrogen-bond donors (Lipinski definition) is 1. The van der Waals surface area contributed by atoms with Gasteiger partial charge in [0.25, 0.3) is 0 Å². The molecule has 2 unspecified atom stereocenters. The van der Waals surface area contributed by atoms with E-state index in [1.165, 1.54) is 0 Å². The van der Waals surface area contributed by atoms with Gasteiger partial charge in [-0.15, -0.1) is 0 Å². The van der Waals surface area contributed by atoms with Crippen LogP contribution in [0.1, 0.15) is 40.0 Å². The summed E-state index contributed by atoms with van der Waals surface area (Å²) in [6.07, 6.45) is 2.58. The van der Waals surface area contributed by atoms with Crippen LogP contribution >= 0.6 is 0 Å². The Morgan fingerprint density at radius 2 is 2.12 bits per heavy atom. The number of ether oxygens (including phenoxy) is 1. The molecule has 5 nitrogen and oxygen atoms in total. The van der Waals surface area contributed by atoms with Crippen molar-refractivity contribution >= 4 is 12.0 Å². The fourth-order valence-electron chi connectivity index (χ4n) is 2.53. The van der Waals surface area contributed by atoms with Crippen LogP contribution in [0.25, 0.3) is 0 Å². The molecule has 2 aliphatic rings. The molecule has 1 saturated heterocycles. The summed E-state index contributed by atoms with van der Waals surface area (Å²) in [5.74, 6) is -0.0843. The van der Waals surface area contributed by atoms with Crippen molar-refractivity contribution in [1.29, 1.82) is 0 Å². The minimum atomic E-state index is -0.515. The van der Waals surface area contributed by atoms with Crippen molar-refractivity contribution in [3.8, 4) is 0 Å². The number of fused-ring (bicyclic) bond motifs is 1. The van der Waals surface area contributed by atoms with Gasteiger partial charge in [-0.25, -0.2) is 4.79 Å². The zero-order valence-electron chi connectivity index (χ0n) is 10.7. The normalized spacial score (nSPS) is 28.6. The van der Waals surface area contributed by atoms with E-state index in [9.17, 15) is 9.59 Å². The van der Waals surface area contributed by atoms with Gasteiger partial charge < -0.3 is 10.1 Å². The lowest BCUT2D eigenvalue weighted by Gasteiger charge is -2.38. The molecular formula is C12H20N2O3. The van der Waals surface area contributed by atoms with Gasteiger partial charge in [-0.3, -0.25) is 9.69 Å². The molecule has 2 rings (SSSR count). The van der Waals surface area contributed by atoms with Crippen molar-refractivity contribution in [1.82, 2.24) is 10.2 Å². The lowest BCUT2D eigenvalue weighted by molar-refractivity contribution is -0.126. The van der Waals surface area contributed by atoms with Gasteiger partial charge in [0, 0.05) is 6.04 Å². The molecule has 2 amide bonds. The van der Waals surface area contributed by atoms with E-state index in [2.05, 4.69) is 5.32 Å². The fraction of sp³-hybridized carbons (Fsp3) is 0.833. The first-order valence-electron chi connectivity index (χ1n) is 6.16. The molecule has 96 valence electrons. The van der Waals surface area contributed by atoms with E-state index in [0.29, 0.717) is 0 Å². The fourth-order valence-corrected chi connectivity index (χ4v) is 2.53. The van der Waals surface area contributed by atoms with Crippen molar-refractivity contribution in [2.45, 2.75) is 57.7 Å². The summed E-state index contributed by atoms with van der Waals surface area (Å²) in [6.45, 7) is 5.62. The quantitative estimate of drug-likeness (QED) is 0.693. The summed E-state index contributed by atoms with van der Waals surface area (Å²) in [6, 6.07) is 0.228. The number of nitrogens with zero attached hydrogens (tertiary/aromatic N) is 1. The molecule has 0 aromatic heterocycles. The van der Waals surface area contributed by atoms with E-state index >= 15 is 0 Å². The van der Waals surface area contributed by atoms with Gasteiger partial charge in [-0.1, -0.05) is 0 Å². The second-order valence-electron chi connectivity index (χ2n) is 5.78. The Labute approximate surface area is 101 Å². The van der Waals surface area contributed by atoms with E-state index in [4.69, 9.17) is 4.74 Å². The average molecular weight is 240 g/mol. The zero-order valence-corrected chi connectivity index (χ0v) is 10.7. The molecule has 1 aliphatic heterocycles. The third-order valence-corrected chi connectivity index (χ3v) is 3.17. The standard InChI is InChI=1S/C12H20N2O3/c1-12(2,3)17-11(16)14-7-10(15)13-8-5-4-6-9(8)14/h8-9H,4-7H2,1-3H3,(H,13,15). The van der Waals surface area contributed by atoms with Crippen molar-refractivity contribution < 1.29 is 14.3 Å². The monoisotopic (exact) mass is 240 g/mol. The van der Waals surface area contributed by atoms with Gasteiger partial charge in [0.1, 0.15) is 12.1 Å². The van der Waals surface area contributed by atoms with Crippen molar-refractivity contribution in [2.75, 3.05) is 6.54 Å². The van der Waals surface area contributed by atoms with Crippen LogP contribution in [0.4, 0.5) is 4.79 Å². The number of nitrogens with one attached hydrogen (secondary N) is 1. The number of amides is 2. The first kappa shape index (κ1) is 12.2. The molecule has 0 aromatic rings. The van der Waals surface area contributed by atoms with Crippen molar-refractivity contribution in [3.05, 3.63) is 0 Å². The van der Waals surface area contributed by atoms with E-state index < -0.39 is 5.60 Å². The molecule has 0 bridgehead atoms. The third kappa shape index (κ3) is 2.70. The first-order chi connectivity index (χ1) is 7.87. The SMILES string of the molecule is CC(C)(C)OC(=O)N1CC(=O)NC2CCCC21. The number of rotatable bonds is 0. The molecule has 2 atom stereocenters. The highest BCUT2D eigenvalue weighted by molar-refractivity contribution is 5.84. The molecule has 1 heterocycles. The van der Waals surface area contributed by atoms with Crippen LogP contribution in [-0.4, -0.2) is 41.1 Å². The van der Waals surface area contributed by atoms with E-state index in [-0.39, 0.29) is 30.6 Å². The molecule has 17 heavy (non-hydrogen) atoms. The molecule has 1 saturated carbocycles. The summed E-state index contributed by atoms with van der Waals surface area (Å²) < 4.78 is 5.34. The second-order valence-corrected chi connectivity index (χ2v) is 5.78. The minimum Gasteiger partial charge on any atom is -0.444 e. The van der Waals surface area contributed by atoms with Crippen LogP contribution in [0.2, 0.25) is 0 Å². The molecule has 2 fully saturated rings. The zero-order chi connectivity index (χ0) is 12.6. The van der Waals surface area contributed by atoms with Crippen LogP contribution < -0.4 is 5.32 Å². The lowest BCUT2D eigenvalue weighted by atomic mass is 10.1. The highest BCUT2D eigenvalue weighted by Gasteiger charge is 2.41. The second kappa shape index (κ2) is 4.20. The Bertz CT molecular complexity index is 335. The van der Waals surface area contributed by atoms with Crippen LogP contribution in [0, 0.1) is 0 Å². The number of carbonyl (C=O) groups excluding carboxylic acids is 2. The summed E-state index contributed by atoms with van der Waals surface area (Å²) in [5, 5.41) is 2.94. The van der Waals surface area contributed by atoms with Gasteiger partial charge in [-0.2, -0.15) is 0 Å².